The van der Waals surface area contributed by atoms with Crippen LogP contribution in [0.1, 0.15) is 26.2 Å². The minimum absolute atomic E-state index is 0.665. The maximum absolute atomic E-state index is 5.39. The number of methoxy groups -OCH3 is 1. The lowest BCUT2D eigenvalue weighted by Gasteiger charge is -2.29. The Labute approximate surface area is 117 Å². The first-order valence-electron chi connectivity index (χ1n) is 6.91. The molecule has 5 heteroatoms. The van der Waals surface area contributed by atoms with Crippen LogP contribution < -0.4 is 5.32 Å². The molecule has 1 aliphatic heterocycles. The first-order chi connectivity index (χ1) is 8.69. The van der Waals surface area contributed by atoms with E-state index in [1.54, 1.807) is 7.11 Å². The zero-order valence-electron chi connectivity index (χ0n) is 11.9. The molecule has 18 heavy (non-hydrogen) atoms. The molecule has 1 rings (SSSR count). The topological polar surface area (TPSA) is 27.7 Å². The molecule has 0 aliphatic carbocycles. The summed E-state index contributed by atoms with van der Waals surface area (Å²) < 4.78 is 5.02. The second-order valence-electron chi connectivity index (χ2n) is 4.88. The van der Waals surface area contributed by atoms with Gasteiger partial charge >= 0.3 is 0 Å². The van der Waals surface area contributed by atoms with E-state index in [2.05, 4.69) is 29.1 Å². The average molecular weight is 273 g/mol. The van der Waals surface area contributed by atoms with Gasteiger partial charge in [-0.1, -0.05) is 6.92 Å². The van der Waals surface area contributed by atoms with Crippen LogP contribution >= 0.6 is 12.2 Å². The van der Waals surface area contributed by atoms with Gasteiger partial charge in [-0.25, -0.2) is 0 Å². The van der Waals surface area contributed by atoms with E-state index < -0.39 is 0 Å². The van der Waals surface area contributed by atoms with E-state index in [-0.39, 0.29) is 0 Å². The Bertz CT molecular complexity index is 250. The lowest BCUT2D eigenvalue weighted by molar-refractivity contribution is 0.195. The van der Waals surface area contributed by atoms with Gasteiger partial charge in [0, 0.05) is 39.9 Å². The molecule has 0 bridgehead atoms. The van der Waals surface area contributed by atoms with Crippen LogP contribution in [0.5, 0.6) is 0 Å². The maximum Gasteiger partial charge on any atom is 0.168 e. The Kier molecular flexibility index (Phi) is 7.54. The minimum atomic E-state index is 0.665. The zero-order chi connectivity index (χ0) is 13.4. The lowest BCUT2D eigenvalue weighted by atomic mass is 10.2. The van der Waals surface area contributed by atoms with Crippen LogP contribution in [-0.2, 0) is 4.74 Å². The average Bonchev–Trinajstić information content (AvgIpc) is 2.81. The van der Waals surface area contributed by atoms with Crippen molar-refractivity contribution in [3.63, 3.8) is 0 Å². The molecular weight excluding hydrogens is 246 g/mol. The number of nitrogens with zero attached hydrogens (tertiary/aromatic N) is 2. The number of hydrogen-bond acceptors (Lipinski definition) is 3. The van der Waals surface area contributed by atoms with E-state index in [1.165, 1.54) is 19.4 Å². The molecule has 1 heterocycles. The summed E-state index contributed by atoms with van der Waals surface area (Å²) in [6.45, 7) is 7.32. The number of likely N-dealkylation sites (N-methyl/N-ethyl adjacent to an activating group) is 2. The predicted octanol–water partition coefficient (Wildman–Crippen LogP) is 1.31. The molecule has 0 aromatic heterocycles. The van der Waals surface area contributed by atoms with Gasteiger partial charge in [0.05, 0.1) is 0 Å². The van der Waals surface area contributed by atoms with E-state index in [0.29, 0.717) is 6.04 Å². The first kappa shape index (κ1) is 15.7. The number of ether oxygens (including phenoxy) is 1. The fourth-order valence-corrected chi connectivity index (χ4v) is 2.64. The lowest BCUT2D eigenvalue weighted by Crippen LogP contribution is -2.45. The van der Waals surface area contributed by atoms with Crippen LogP contribution in [0.25, 0.3) is 0 Å². The van der Waals surface area contributed by atoms with E-state index >= 15 is 0 Å². The molecule has 0 spiro atoms. The molecule has 0 amide bonds. The fourth-order valence-electron chi connectivity index (χ4n) is 2.46. The van der Waals surface area contributed by atoms with Crippen molar-refractivity contribution in [2.45, 2.75) is 32.2 Å². The van der Waals surface area contributed by atoms with Gasteiger partial charge < -0.3 is 15.0 Å². The third-order valence-electron chi connectivity index (χ3n) is 3.54. The van der Waals surface area contributed by atoms with Gasteiger partial charge in [-0.2, -0.15) is 0 Å². The number of rotatable bonds is 7. The van der Waals surface area contributed by atoms with E-state index in [9.17, 15) is 0 Å². The van der Waals surface area contributed by atoms with E-state index in [4.69, 9.17) is 17.0 Å². The van der Waals surface area contributed by atoms with Gasteiger partial charge in [-0.05, 0) is 44.6 Å². The number of likely N-dealkylation sites (tertiary alicyclic amines) is 1. The van der Waals surface area contributed by atoms with Gasteiger partial charge in [0.1, 0.15) is 0 Å². The highest BCUT2D eigenvalue weighted by Crippen LogP contribution is 2.17. The van der Waals surface area contributed by atoms with Crippen molar-refractivity contribution in [3.05, 3.63) is 0 Å². The summed E-state index contributed by atoms with van der Waals surface area (Å²) in [5.74, 6) is 0. The van der Waals surface area contributed by atoms with Crippen molar-refractivity contribution in [2.75, 3.05) is 46.9 Å². The summed E-state index contributed by atoms with van der Waals surface area (Å²) in [6, 6.07) is 0.665. The summed E-state index contributed by atoms with van der Waals surface area (Å²) >= 11 is 5.39. The second kappa shape index (κ2) is 8.67. The maximum atomic E-state index is 5.39. The third-order valence-corrected chi connectivity index (χ3v) is 3.99. The van der Waals surface area contributed by atoms with Gasteiger partial charge in [0.25, 0.3) is 0 Å². The SMILES string of the molecule is CCN1CCCC1CN(C)C(=S)NCCCOC. The second-order valence-corrected chi connectivity index (χ2v) is 5.27. The van der Waals surface area contributed by atoms with Gasteiger partial charge in [0.15, 0.2) is 5.11 Å². The normalized spacial score (nSPS) is 20.1. The molecule has 1 unspecified atom stereocenters. The monoisotopic (exact) mass is 273 g/mol. The zero-order valence-corrected chi connectivity index (χ0v) is 12.8. The Hall–Kier alpha value is -0.390. The number of hydrogen-bond donors (Lipinski definition) is 1. The first-order valence-corrected chi connectivity index (χ1v) is 7.31. The van der Waals surface area contributed by atoms with Gasteiger partial charge in [-0.3, -0.25) is 4.90 Å². The molecule has 1 atom stereocenters. The van der Waals surface area contributed by atoms with E-state index in [1.807, 2.05) is 0 Å². The fraction of sp³-hybridized carbons (Fsp3) is 0.923. The molecule has 1 N–H and O–H groups in total. The summed E-state index contributed by atoms with van der Waals surface area (Å²) in [7, 11) is 3.81. The summed E-state index contributed by atoms with van der Waals surface area (Å²) in [6.07, 6.45) is 3.61. The molecule has 0 saturated carbocycles. The Balaban J connectivity index is 2.22. The molecular formula is C13H27N3OS. The predicted molar refractivity (Wildman–Crippen MR) is 80.0 cm³/mol. The molecule has 4 nitrogen and oxygen atoms in total. The molecule has 0 aromatic carbocycles. The highest BCUT2D eigenvalue weighted by atomic mass is 32.1. The van der Waals surface area contributed by atoms with Gasteiger partial charge in [-0.15, -0.1) is 0 Å². The molecule has 1 aliphatic rings. The Morgan fingerprint density at radius 3 is 3.00 bits per heavy atom. The van der Waals surface area contributed by atoms with Crippen LogP contribution in [0, 0.1) is 0 Å². The van der Waals surface area contributed by atoms with Crippen molar-refractivity contribution >= 4 is 17.3 Å². The third kappa shape index (κ3) is 5.08. The molecule has 106 valence electrons. The molecule has 1 fully saturated rings. The highest BCUT2D eigenvalue weighted by Gasteiger charge is 2.24. The molecule has 0 radical (unpaired) electrons. The summed E-state index contributed by atoms with van der Waals surface area (Å²) in [4.78, 5) is 4.71. The number of nitrogens with one attached hydrogen (secondary N) is 1. The highest BCUT2D eigenvalue weighted by molar-refractivity contribution is 7.80. The van der Waals surface area contributed by atoms with Crippen molar-refractivity contribution in [3.8, 4) is 0 Å². The van der Waals surface area contributed by atoms with Crippen LogP contribution in [0.4, 0.5) is 0 Å². The standard InChI is InChI=1S/C13H27N3OS/c1-4-16-9-5-7-12(16)11-15(2)13(18)14-8-6-10-17-3/h12H,4-11H2,1-3H3,(H,14,18). The van der Waals surface area contributed by atoms with Crippen LogP contribution in [0.15, 0.2) is 0 Å². The van der Waals surface area contributed by atoms with E-state index in [0.717, 1.165) is 37.8 Å². The molecule has 0 aromatic rings. The van der Waals surface area contributed by atoms with Crippen molar-refractivity contribution in [1.82, 2.24) is 15.1 Å². The van der Waals surface area contributed by atoms with Crippen molar-refractivity contribution in [1.29, 1.82) is 0 Å². The molecule has 1 saturated heterocycles. The Morgan fingerprint density at radius 2 is 2.33 bits per heavy atom. The smallest absolute Gasteiger partial charge is 0.168 e. The van der Waals surface area contributed by atoms with Crippen molar-refractivity contribution in [2.24, 2.45) is 0 Å². The minimum Gasteiger partial charge on any atom is -0.385 e. The Morgan fingerprint density at radius 1 is 1.56 bits per heavy atom. The number of thiocarbonyl (C=S) groups is 1. The van der Waals surface area contributed by atoms with Gasteiger partial charge in [0.2, 0.25) is 0 Å². The van der Waals surface area contributed by atoms with Crippen LogP contribution in [0.3, 0.4) is 0 Å². The van der Waals surface area contributed by atoms with Crippen LogP contribution in [0.2, 0.25) is 0 Å². The van der Waals surface area contributed by atoms with Crippen LogP contribution in [-0.4, -0.2) is 67.9 Å². The van der Waals surface area contributed by atoms with Crippen molar-refractivity contribution < 1.29 is 4.74 Å². The quantitative estimate of drug-likeness (QED) is 0.558. The largest absolute Gasteiger partial charge is 0.385 e. The summed E-state index contributed by atoms with van der Waals surface area (Å²) in [5, 5.41) is 4.14. The summed E-state index contributed by atoms with van der Waals surface area (Å²) in [5.41, 5.74) is 0.